The highest BCUT2D eigenvalue weighted by atomic mass is 16.6. The SMILES string of the molecule is CC(C)(C)OC(=O)C1CC(C(=O)O)CN1C(=O)OC(C)(C)C. The topological polar surface area (TPSA) is 93.1 Å². The zero-order chi connectivity index (χ0) is 17.3. The molecule has 0 aliphatic carbocycles. The van der Waals surface area contributed by atoms with Gasteiger partial charge < -0.3 is 14.6 Å². The van der Waals surface area contributed by atoms with Crippen molar-refractivity contribution in [2.75, 3.05) is 6.54 Å². The Morgan fingerprint density at radius 3 is 1.91 bits per heavy atom. The molecule has 1 fully saturated rings. The maximum Gasteiger partial charge on any atom is 0.411 e. The molecular formula is C15H25NO6. The zero-order valence-electron chi connectivity index (χ0n) is 14.0. The monoisotopic (exact) mass is 315 g/mol. The minimum absolute atomic E-state index is 0.0312. The molecule has 22 heavy (non-hydrogen) atoms. The van der Waals surface area contributed by atoms with Crippen LogP contribution < -0.4 is 0 Å². The van der Waals surface area contributed by atoms with Crippen LogP contribution in [-0.2, 0) is 19.1 Å². The van der Waals surface area contributed by atoms with E-state index in [1.807, 2.05) is 0 Å². The lowest BCUT2D eigenvalue weighted by molar-refractivity contribution is -0.160. The molecule has 0 radical (unpaired) electrons. The molecule has 0 saturated carbocycles. The van der Waals surface area contributed by atoms with Crippen LogP contribution in [0.25, 0.3) is 0 Å². The Kier molecular flexibility index (Phi) is 5.10. The number of nitrogens with zero attached hydrogens (tertiary/aromatic N) is 1. The van der Waals surface area contributed by atoms with E-state index in [9.17, 15) is 14.4 Å². The standard InChI is InChI=1S/C15H25NO6/c1-14(2,3)21-12(19)10-7-9(11(17)18)8-16(10)13(20)22-15(4,5)6/h9-10H,7-8H2,1-6H3,(H,17,18). The van der Waals surface area contributed by atoms with Crippen LogP contribution in [0.3, 0.4) is 0 Å². The maximum absolute atomic E-state index is 12.2. The first-order chi connectivity index (χ1) is 9.80. The van der Waals surface area contributed by atoms with Gasteiger partial charge in [-0.25, -0.2) is 9.59 Å². The number of amides is 1. The summed E-state index contributed by atoms with van der Waals surface area (Å²) in [5, 5.41) is 9.15. The molecule has 0 aromatic rings. The number of rotatable bonds is 2. The third-order valence-electron chi connectivity index (χ3n) is 2.96. The van der Waals surface area contributed by atoms with Gasteiger partial charge in [0.25, 0.3) is 0 Å². The number of carboxylic acids is 1. The molecule has 1 saturated heterocycles. The Balaban J connectivity index is 2.92. The Morgan fingerprint density at radius 1 is 1.00 bits per heavy atom. The third-order valence-corrected chi connectivity index (χ3v) is 2.96. The normalized spacial score (nSPS) is 22.4. The minimum Gasteiger partial charge on any atom is -0.481 e. The van der Waals surface area contributed by atoms with Crippen molar-refractivity contribution in [3.05, 3.63) is 0 Å². The van der Waals surface area contributed by atoms with E-state index in [-0.39, 0.29) is 13.0 Å². The summed E-state index contributed by atoms with van der Waals surface area (Å²) in [7, 11) is 0. The van der Waals surface area contributed by atoms with Crippen LogP contribution in [0.4, 0.5) is 4.79 Å². The van der Waals surface area contributed by atoms with E-state index in [2.05, 4.69) is 0 Å². The van der Waals surface area contributed by atoms with Crippen molar-refractivity contribution in [3.63, 3.8) is 0 Å². The van der Waals surface area contributed by atoms with Crippen LogP contribution in [0.5, 0.6) is 0 Å². The Labute approximate surface area is 130 Å². The summed E-state index contributed by atoms with van der Waals surface area (Å²) in [6.07, 6.45) is -0.671. The molecule has 0 aromatic carbocycles. The van der Waals surface area contributed by atoms with Gasteiger partial charge in [-0.2, -0.15) is 0 Å². The molecule has 0 bridgehead atoms. The molecule has 2 atom stereocenters. The minimum atomic E-state index is -1.04. The van der Waals surface area contributed by atoms with E-state index in [1.165, 1.54) is 0 Å². The highest BCUT2D eigenvalue weighted by molar-refractivity contribution is 5.85. The van der Waals surface area contributed by atoms with Gasteiger partial charge in [0, 0.05) is 6.54 Å². The van der Waals surface area contributed by atoms with Crippen molar-refractivity contribution in [1.29, 1.82) is 0 Å². The van der Waals surface area contributed by atoms with Gasteiger partial charge in [0.1, 0.15) is 17.2 Å². The molecule has 1 N–H and O–H groups in total. The molecule has 1 rings (SSSR count). The molecule has 0 spiro atoms. The lowest BCUT2D eigenvalue weighted by Gasteiger charge is -2.29. The van der Waals surface area contributed by atoms with Crippen LogP contribution in [0.2, 0.25) is 0 Å². The number of hydrogen-bond acceptors (Lipinski definition) is 5. The van der Waals surface area contributed by atoms with Crippen molar-refractivity contribution < 1.29 is 29.0 Å². The summed E-state index contributed by atoms with van der Waals surface area (Å²) < 4.78 is 10.5. The van der Waals surface area contributed by atoms with Crippen LogP contribution >= 0.6 is 0 Å². The largest absolute Gasteiger partial charge is 0.481 e. The maximum atomic E-state index is 12.2. The number of carbonyl (C=O) groups is 3. The lowest BCUT2D eigenvalue weighted by Crippen LogP contribution is -2.45. The van der Waals surface area contributed by atoms with Gasteiger partial charge in [-0.1, -0.05) is 0 Å². The fraction of sp³-hybridized carbons (Fsp3) is 0.800. The number of carboxylic acid groups (broad SMARTS) is 1. The highest BCUT2D eigenvalue weighted by Gasteiger charge is 2.45. The van der Waals surface area contributed by atoms with Gasteiger partial charge in [0.15, 0.2) is 0 Å². The van der Waals surface area contributed by atoms with Gasteiger partial charge in [-0.3, -0.25) is 9.69 Å². The van der Waals surface area contributed by atoms with E-state index in [4.69, 9.17) is 14.6 Å². The summed E-state index contributed by atoms with van der Waals surface area (Å²) in [5.41, 5.74) is -1.44. The van der Waals surface area contributed by atoms with Crippen molar-refractivity contribution in [2.45, 2.75) is 65.2 Å². The molecule has 1 aliphatic heterocycles. The van der Waals surface area contributed by atoms with Crippen molar-refractivity contribution in [2.24, 2.45) is 5.92 Å². The second kappa shape index (κ2) is 6.14. The molecular weight excluding hydrogens is 290 g/mol. The Bertz CT molecular complexity index is 424. The number of likely N-dealkylation sites (tertiary alicyclic amines) is 1. The fourth-order valence-electron chi connectivity index (χ4n) is 2.13. The number of esters is 1. The van der Waals surface area contributed by atoms with Crippen LogP contribution in [0, 0.1) is 5.92 Å². The second-order valence-electron chi connectivity index (χ2n) is 7.45. The van der Waals surface area contributed by atoms with Crippen molar-refractivity contribution >= 4 is 18.0 Å². The summed E-state index contributed by atoms with van der Waals surface area (Å²) in [5.74, 6) is -2.45. The van der Waals surface area contributed by atoms with E-state index in [0.717, 1.165) is 4.90 Å². The molecule has 7 nitrogen and oxygen atoms in total. The Morgan fingerprint density at radius 2 is 1.50 bits per heavy atom. The van der Waals surface area contributed by atoms with Gasteiger partial charge in [0.2, 0.25) is 0 Å². The first-order valence-corrected chi connectivity index (χ1v) is 7.25. The Hall–Kier alpha value is -1.79. The van der Waals surface area contributed by atoms with E-state index < -0.39 is 41.2 Å². The van der Waals surface area contributed by atoms with E-state index in [1.54, 1.807) is 41.5 Å². The average Bonchev–Trinajstić information content (AvgIpc) is 2.68. The average molecular weight is 315 g/mol. The molecule has 1 amide bonds. The molecule has 7 heteroatoms. The number of hydrogen-bond donors (Lipinski definition) is 1. The van der Waals surface area contributed by atoms with Gasteiger partial charge in [0.05, 0.1) is 5.92 Å². The van der Waals surface area contributed by atoms with Gasteiger partial charge in [-0.05, 0) is 48.0 Å². The highest BCUT2D eigenvalue weighted by Crippen LogP contribution is 2.27. The van der Waals surface area contributed by atoms with E-state index in [0.29, 0.717) is 0 Å². The molecule has 1 aliphatic rings. The molecule has 2 unspecified atom stereocenters. The number of ether oxygens (including phenoxy) is 2. The van der Waals surface area contributed by atoms with Crippen LogP contribution in [0.15, 0.2) is 0 Å². The summed E-state index contributed by atoms with van der Waals surface area (Å²) in [6, 6.07) is -0.935. The molecule has 0 aromatic heterocycles. The molecule has 1 heterocycles. The third kappa shape index (κ3) is 5.20. The predicted molar refractivity (Wildman–Crippen MR) is 78.3 cm³/mol. The summed E-state index contributed by atoms with van der Waals surface area (Å²) in [6.45, 7) is 10.2. The van der Waals surface area contributed by atoms with E-state index >= 15 is 0 Å². The molecule has 126 valence electrons. The predicted octanol–water partition coefficient (Wildman–Crippen LogP) is 2.04. The van der Waals surface area contributed by atoms with Crippen LogP contribution in [0.1, 0.15) is 48.0 Å². The number of aliphatic carboxylic acids is 1. The van der Waals surface area contributed by atoms with Crippen LogP contribution in [-0.4, -0.2) is 51.8 Å². The lowest BCUT2D eigenvalue weighted by atomic mass is 10.1. The van der Waals surface area contributed by atoms with Crippen molar-refractivity contribution in [1.82, 2.24) is 4.90 Å². The smallest absolute Gasteiger partial charge is 0.411 e. The zero-order valence-corrected chi connectivity index (χ0v) is 14.0. The second-order valence-corrected chi connectivity index (χ2v) is 7.45. The quantitative estimate of drug-likeness (QED) is 0.784. The first kappa shape index (κ1) is 18.3. The first-order valence-electron chi connectivity index (χ1n) is 7.25. The van der Waals surface area contributed by atoms with Gasteiger partial charge in [-0.15, -0.1) is 0 Å². The van der Waals surface area contributed by atoms with Crippen molar-refractivity contribution in [3.8, 4) is 0 Å². The summed E-state index contributed by atoms with van der Waals surface area (Å²) >= 11 is 0. The van der Waals surface area contributed by atoms with Gasteiger partial charge >= 0.3 is 18.0 Å². The fourth-order valence-corrected chi connectivity index (χ4v) is 2.13. The summed E-state index contributed by atoms with van der Waals surface area (Å²) in [4.78, 5) is 36.8. The number of carbonyl (C=O) groups excluding carboxylic acids is 2.